The average Bonchev–Trinajstić information content (AvgIpc) is 2.77. The highest BCUT2D eigenvalue weighted by molar-refractivity contribution is 5.80. The van der Waals surface area contributed by atoms with Gasteiger partial charge in [-0.25, -0.2) is 0 Å². The number of benzene rings is 2. The molecule has 0 aromatic heterocycles. The Morgan fingerprint density at radius 3 is 2.55 bits per heavy atom. The van der Waals surface area contributed by atoms with Gasteiger partial charge >= 0.3 is 0 Å². The van der Waals surface area contributed by atoms with Crippen LogP contribution in [0.5, 0.6) is 17.2 Å². The number of anilines is 1. The molecule has 1 fully saturated rings. The number of aromatic hydroxyl groups is 1. The fourth-order valence-corrected chi connectivity index (χ4v) is 3.38. The molecule has 0 unspecified atom stereocenters. The highest BCUT2D eigenvalue weighted by atomic mass is 16.5. The SMILES string of the molecule is CN=C(NCCCOc1cccc(OC)c1)N1CCN(c2ccccc2O)CC1. The van der Waals surface area contributed by atoms with Crippen molar-refractivity contribution in [2.24, 2.45) is 4.99 Å². The number of rotatable bonds is 7. The highest BCUT2D eigenvalue weighted by Crippen LogP contribution is 2.27. The molecule has 1 aliphatic rings. The quantitative estimate of drug-likeness (QED) is 0.424. The van der Waals surface area contributed by atoms with Gasteiger partial charge in [0, 0.05) is 45.8 Å². The summed E-state index contributed by atoms with van der Waals surface area (Å²) in [6.07, 6.45) is 0.869. The fourth-order valence-electron chi connectivity index (χ4n) is 3.38. The molecule has 7 nitrogen and oxygen atoms in total. The molecule has 156 valence electrons. The molecule has 29 heavy (non-hydrogen) atoms. The molecule has 2 aromatic rings. The number of hydrogen-bond acceptors (Lipinski definition) is 5. The van der Waals surface area contributed by atoms with E-state index in [0.717, 1.165) is 62.3 Å². The van der Waals surface area contributed by atoms with Crippen molar-refractivity contribution in [3.8, 4) is 17.2 Å². The molecule has 2 N–H and O–H groups in total. The first-order valence-corrected chi connectivity index (χ1v) is 9.96. The molecule has 0 amide bonds. The maximum atomic E-state index is 10.1. The first kappa shape index (κ1) is 20.6. The third-order valence-electron chi connectivity index (χ3n) is 4.93. The predicted octanol–water partition coefficient (Wildman–Crippen LogP) is 2.57. The Hall–Kier alpha value is -3.09. The van der Waals surface area contributed by atoms with Gasteiger partial charge in [-0.15, -0.1) is 0 Å². The van der Waals surface area contributed by atoms with Gasteiger partial charge in [0.2, 0.25) is 0 Å². The average molecular weight is 399 g/mol. The van der Waals surface area contributed by atoms with E-state index in [-0.39, 0.29) is 0 Å². The zero-order chi connectivity index (χ0) is 20.5. The van der Waals surface area contributed by atoms with Crippen molar-refractivity contribution in [1.29, 1.82) is 0 Å². The van der Waals surface area contributed by atoms with Crippen LogP contribution >= 0.6 is 0 Å². The van der Waals surface area contributed by atoms with Crippen LogP contribution < -0.4 is 19.7 Å². The standard InChI is InChI=1S/C22H30N4O3/c1-23-22(24-11-6-16-29-19-8-5-7-18(17-19)28-2)26-14-12-25(13-15-26)20-9-3-4-10-21(20)27/h3-5,7-10,17,27H,6,11-16H2,1-2H3,(H,23,24). The number of methoxy groups -OCH3 is 1. The van der Waals surface area contributed by atoms with E-state index < -0.39 is 0 Å². The van der Waals surface area contributed by atoms with E-state index in [1.54, 1.807) is 13.2 Å². The van der Waals surface area contributed by atoms with Gasteiger partial charge < -0.3 is 29.7 Å². The number of hydrogen-bond donors (Lipinski definition) is 2. The van der Waals surface area contributed by atoms with Gasteiger partial charge in [-0.05, 0) is 30.7 Å². The lowest BCUT2D eigenvalue weighted by molar-refractivity contribution is 0.306. The third-order valence-corrected chi connectivity index (χ3v) is 4.93. The number of guanidine groups is 1. The van der Waals surface area contributed by atoms with E-state index in [0.29, 0.717) is 12.4 Å². The molecule has 0 atom stereocenters. The van der Waals surface area contributed by atoms with Gasteiger partial charge in [-0.1, -0.05) is 18.2 Å². The second-order valence-corrected chi connectivity index (χ2v) is 6.82. The molecule has 1 saturated heterocycles. The van der Waals surface area contributed by atoms with E-state index in [4.69, 9.17) is 9.47 Å². The second kappa shape index (κ2) is 10.5. The van der Waals surface area contributed by atoms with Crippen LogP contribution in [0.15, 0.2) is 53.5 Å². The number of phenols is 1. The molecule has 3 rings (SSSR count). The summed E-state index contributed by atoms with van der Waals surface area (Å²) < 4.78 is 11.0. The molecule has 1 aliphatic heterocycles. The summed E-state index contributed by atoms with van der Waals surface area (Å²) in [5.41, 5.74) is 0.893. The fraction of sp³-hybridized carbons (Fsp3) is 0.409. The van der Waals surface area contributed by atoms with Crippen LogP contribution in [0.4, 0.5) is 5.69 Å². The third kappa shape index (κ3) is 5.70. The minimum Gasteiger partial charge on any atom is -0.506 e. The molecule has 0 saturated carbocycles. The molecule has 0 spiro atoms. The Balaban J connectivity index is 1.39. The molecule has 0 radical (unpaired) electrons. The van der Waals surface area contributed by atoms with E-state index in [9.17, 15) is 5.11 Å². The van der Waals surface area contributed by atoms with Crippen LogP contribution in [0.3, 0.4) is 0 Å². The summed E-state index contributed by atoms with van der Waals surface area (Å²) >= 11 is 0. The van der Waals surface area contributed by atoms with Crippen LogP contribution in [-0.4, -0.2) is 69.5 Å². The zero-order valence-electron chi connectivity index (χ0n) is 17.2. The van der Waals surface area contributed by atoms with Crippen molar-refractivity contribution in [3.63, 3.8) is 0 Å². The van der Waals surface area contributed by atoms with Gasteiger partial charge in [0.15, 0.2) is 5.96 Å². The molecule has 0 aliphatic carbocycles. The highest BCUT2D eigenvalue weighted by Gasteiger charge is 2.21. The monoisotopic (exact) mass is 398 g/mol. The largest absolute Gasteiger partial charge is 0.506 e. The number of nitrogens with one attached hydrogen (secondary N) is 1. The summed E-state index contributed by atoms with van der Waals surface area (Å²) in [6, 6.07) is 15.1. The van der Waals surface area contributed by atoms with E-state index >= 15 is 0 Å². The lowest BCUT2D eigenvalue weighted by Crippen LogP contribution is -2.52. The summed E-state index contributed by atoms with van der Waals surface area (Å²) in [7, 11) is 3.46. The van der Waals surface area contributed by atoms with Gasteiger partial charge in [-0.2, -0.15) is 0 Å². The van der Waals surface area contributed by atoms with Crippen LogP contribution in [0, 0.1) is 0 Å². The number of phenolic OH excluding ortho intramolecular Hbond substituents is 1. The lowest BCUT2D eigenvalue weighted by atomic mass is 10.2. The molecule has 1 heterocycles. The van der Waals surface area contributed by atoms with Crippen LogP contribution in [0.2, 0.25) is 0 Å². The van der Waals surface area contributed by atoms with Crippen LogP contribution in [0.1, 0.15) is 6.42 Å². The van der Waals surface area contributed by atoms with Crippen molar-refractivity contribution in [1.82, 2.24) is 10.2 Å². The summed E-state index contributed by atoms with van der Waals surface area (Å²) in [6.45, 7) is 4.81. The van der Waals surface area contributed by atoms with E-state index in [1.807, 2.05) is 49.5 Å². The Morgan fingerprint density at radius 2 is 1.83 bits per heavy atom. The number of para-hydroxylation sites is 2. The van der Waals surface area contributed by atoms with Crippen molar-refractivity contribution < 1.29 is 14.6 Å². The zero-order valence-corrected chi connectivity index (χ0v) is 17.2. The van der Waals surface area contributed by atoms with Crippen LogP contribution in [0.25, 0.3) is 0 Å². The Labute approximate surface area is 172 Å². The predicted molar refractivity (Wildman–Crippen MR) is 116 cm³/mol. The molecule has 7 heteroatoms. The normalized spacial score (nSPS) is 14.6. The summed E-state index contributed by atoms with van der Waals surface area (Å²) in [4.78, 5) is 8.87. The number of nitrogens with zero attached hydrogens (tertiary/aromatic N) is 3. The number of piperazine rings is 1. The summed E-state index contributed by atoms with van der Waals surface area (Å²) in [5, 5.41) is 13.5. The number of ether oxygens (including phenoxy) is 2. The lowest BCUT2D eigenvalue weighted by Gasteiger charge is -2.37. The molecular weight excluding hydrogens is 368 g/mol. The Bertz CT molecular complexity index is 804. The van der Waals surface area contributed by atoms with Gasteiger partial charge in [0.25, 0.3) is 0 Å². The van der Waals surface area contributed by atoms with Crippen LogP contribution in [-0.2, 0) is 0 Å². The van der Waals surface area contributed by atoms with Gasteiger partial charge in [-0.3, -0.25) is 4.99 Å². The maximum absolute atomic E-state index is 10.1. The summed E-state index contributed by atoms with van der Waals surface area (Å²) in [5.74, 6) is 2.85. The maximum Gasteiger partial charge on any atom is 0.193 e. The Kier molecular flexibility index (Phi) is 7.44. The van der Waals surface area contributed by atoms with Gasteiger partial charge in [0.1, 0.15) is 17.2 Å². The van der Waals surface area contributed by atoms with Crippen molar-refractivity contribution in [3.05, 3.63) is 48.5 Å². The molecule has 0 bridgehead atoms. The van der Waals surface area contributed by atoms with E-state index in [2.05, 4.69) is 20.1 Å². The minimum atomic E-state index is 0.333. The smallest absolute Gasteiger partial charge is 0.193 e. The van der Waals surface area contributed by atoms with Crippen molar-refractivity contribution in [2.75, 3.05) is 58.4 Å². The first-order valence-electron chi connectivity index (χ1n) is 9.96. The first-order chi connectivity index (χ1) is 14.2. The number of aliphatic imine (C=N–C) groups is 1. The second-order valence-electron chi connectivity index (χ2n) is 6.82. The minimum absolute atomic E-state index is 0.333. The van der Waals surface area contributed by atoms with Gasteiger partial charge in [0.05, 0.1) is 19.4 Å². The van der Waals surface area contributed by atoms with E-state index in [1.165, 1.54) is 0 Å². The molecular formula is C22H30N4O3. The Morgan fingerprint density at radius 1 is 1.07 bits per heavy atom. The molecule has 2 aromatic carbocycles. The van der Waals surface area contributed by atoms with Crippen molar-refractivity contribution >= 4 is 11.6 Å². The topological polar surface area (TPSA) is 69.6 Å². The van der Waals surface area contributed by atoms with Crippen molar-refractivity contribution in [2.45, 2.75) is 6.42 Å².